The third-order valence-electron chi connectivity index (χ3n) is 0.816. The van der Waals surface area contributed by atoms with E-state index in [4.69, 9.17) is 4.84 Å². The van der Waals surface area contributed by atoms with E-state index in [0.29, 0.717) is 11.4 Å². The average Bonchev–Trinajstić information content (AvgIpc) is 1.89. The maximum absolute atomic E-state index is 4.75. The molecule has 0 amide bonds. The molecule has 0 aromatic heterocycles. The first kappa shape index (κ1) is 8.95. The summed E-state index contributed by atoms with van der Waals surface area (Å²) in [6, 6.07) is 0. The summed E-state index contributed by atoms with van der Waals surface area (Å²) in [6.07, 6.45) is 2.79. The van der Waals surface area contributed by atoms with Gasteiger partial charge in [-0.1, -0.05) is 28.0 Å². The van der Waals surface area contributed by atoms with Crippen molar-refractivity contribution in [3.63, 3.8) is 0 Å². The Morgan fingerprint density at radius 3 is 2.78 bits per heavy atom. The van der Waals surface area contributed by atoms with Crippen LogP contribution >= 0.6 is 15.9 Å². The van der Waals surface area contributed by atoms with Crippen LogP contribution in [0.5, 0.6) is 0 Å². The molecule has 0 radical (unpaired) electrons. The van der Waals surface area contributed by atoms with Gasteiger partial charge in [-0.25, -0.2) is 0 Å². The van der Waals surface area contributed by atoms with Crippen molar-refractivity contribution < 1.29 is 4.84 Å². The third kappa shape index (κ3) is 5.83. The molecule has 0 aliphatic rings. The van der Waals surface area contributed by atoms with Crippen molar-refractivity contribution in [2.45, 2.75) is 25.1 Å². The Morgan fingerprint density at radius 1 is 1.67 bits per heavy atom. The molecule has 0 aliphatic carbocycles. The molecule has 0 N–H and O–H groups in total. The molecule has 9 heavy (non-hydrogen) atoms. The second-order valence-corrected chi connectivity index (χ2v) is 2.77. The molecule has 0 rings (SSSR count). The first-order valence-corrected chi connectivity index (χ1v) is 4.02. The molecule has 0 aromatic carbocycles. The molecule has 1 atom stereocenters. The maximum Gasteiger partial charge on any atom is 0.114 e. The Kier molecular flexibility index (Phi) is 6.04. The summed E-state index contributed by atoms with van der Waals surface area (Å²) >= 11 is 3.38. The highest BCUT2D eigenvalue weighted by Gasteiger charge is 1.92. The normalized spacial score (nSPS) is 14.1. The van der Waals surface area contributed by atoms with Gasteiger partial charge in [0.1, 0.15) is 6.61 Å². The van der Waals surface area contributed by atoms with Gasteiger partial charge < -0.3 is 4.84 Å². The minimum atomic E-state index is 0.351. The van der Waals surface area contributed by atoms with Crippen LogP contribution in [0.4, 0.5) is 0 Å². The topological polar surface area (TPSA) is 21.6 Å². The predicted octanol–water partition coefficient (Wildman–Crippen LogP) is 2.18. The van der Waals surface area contributed by atoms with Gasteiger partial charge in [0.25, 0.3) is 0 Å². The Balaban J connectivity index is 3.20. The minimum absolute atomic E-state index is 0.351. The molecule has 0 fully saturated rings. The van der Waals surface area contributed by atoms with Gasteiger partial charge in [0, 0.05) is 0 Å². The van der Waals surface area contributed by atoms with Crippen LogP contribution in [-0.4, -0.2) is 17.6 Å². The maximum atomic E-state index is 4.75. The molecule has 0 heterocycles. The van der Waals surface area contributed by atoms with Gasteiger partial charge in [-0.2, -0.15) is 0 Å². The Bertz CT molecular complexity index is 85.1. The number of hydrogen-bond donors (Lipinski definition) is 0. The van der Waals surface area contributed by atoms with E-state index < -0.39 is 0 Å². The molecule has 0 bridgehead atoms. The Hall–Kier alpha value is -0.0500. The van der Waals surface area contributed by atoms with E-state index >= 15 is 0 Å². The van der Waals surface area contributed by atoms with E-state index in [-0.39, 0.29) is 0 Å². The lowest BCUT2D eigenvalue weighted by Gasteiger charge is -1.95. The summed E-state index contributed by atoms with van der Waals surface area (Å²) in [5.74, 6) is 0. The molecule has 0 spiro atoms. The van der Waals surface area contributed by atoms with E-state index in [1.54, 1.807) is 6.21 Å². The molecule has 2 nitrogen and oxygen atoms in total. The number of oxime groups is 1. The highest BCUT2D eigenvalue weighted by Crippen LogP contribution is 1.99. The van der Waals surface area contributed by atoms with Crippen LogP contribution in [0.2, 0.25) is 0 Å². The van der Waals surface area contributed by atoms with Crippen molar-refractivity contribution >= 4 is 22.1 Å². The van der Waals surface area contributed by atoms with Crippen LogP contribution in [0.3, 0.4) is 0 Å². The van der Waals surface area contributed by atoms with E-state index in [9.17, 15) is 0 Å². The van der Waals surface area contributed by atoms with Crippen molar-refractivity contribution in [3.8, 4) is 0 Å². The smallest absolute Gasteiger partial charge is 0.114 e. The molecule has 3 heteroatoms. The number of hydrogen-bond acceptors (Lipinski definition) is 2. The lowest BCUT2D eigenvalue weighted by molar-refractivity contribution is 0.160. The Labute approximate surface area is 64.4 Å². The minimum Gasteiger partial charge on any atom is -0.396 e. The summed E-state index contributed by atoms with van der Waals surface area (Å²) in [5, 5.41) is 3.69. The van der Waals surface area contributed by atoms with Crippen LogP contribution in [0, 0.1) is 0 Å². The average molecular weight is 194 g/mol. The van der Waals surface area contributed by atoms with Crippen molar-refractivity contribution in [2.24, 2.45) is 5.16 Å². The first-order chi connectivity index (χ1) is 4.31. The van der Waals surface area contributed by atoms with Crippen LogP contribution in [-0.2, 0) is 4.84 Å². The largest absolute Gasteiger partial charge is 0.396 e. The number of rotatable bonds is 4. The van der Waals surface area contributed by atoms with Gasteiger partial charge in [-0.05, 0) is 13.3 Å². The van der Waals surface area contributed by atoms with Crippen molar-refractivity contribution in [1.29, 1.82) is 0 Å². The highest BCUT2D eigenvalue weighted by molar-refractivity contribution is 9.09. The highest BCUT2D eigenvalue weighted by atomic mass is 79.9. The van der Waals surface area contributed by atoms with Gasteiger partial charge in [0.15, 0.2) is 0 Å². The fraction of sp³-hybridized carbons (Fsp3) is 0.833. The SMILES string of the molecule is CCON=CC(Br)CC. The van der Waals surface area contributed by atoms with Crippen LogP contribution < -0.4 is 0 Å². The van der Waals surface area contributed by atoms with E-state index in [1.807, 2.05) is 6.92 Å². The van der Waals surface area contributed by atoms with Crippen LogP contribution in [0.15, 0.2) is 5.16 Å². The van der Waals surface area contributed by atoms with E-state index in [2.05, 4.69) is 28.0 Å². The first-order valence-electron chi connectivity index (χ1n) is 3.10. The number of nitrogens with zero attached hydrogens (tertiary/aromatic N) is 1. The lowest BCUT2D eigenvalue weighted by atomic mass is 10.4. The summed E-state index contributed by atoms with van der Waals surface area (Å²) in [6.45, 7) is 4.63. The second-order valence-electron chi connectivity index (χ2n) is 1.60. The van der Waals surface area contributed by atoms with Crippen LogP contribution in [0.25, 0.3) is 0 Å². The summed E-state index contributed by atoms with van der Waals surface area (Å²) in [5.41, 5.74) is 0. The van der Waals surface area contributed by atoms with Crippen molar-refractivity contribution in [2.75, 3.05) is 6.61 Å². The van der Waals surface area contributed by atoms with Crippen LogP contribution in [0.1, 0.15) is 20.3 Å². The molecule has 0 aliphatic heterocycles. The third-order valence-corrected chi connectivity index (χ3v) is 1.70. The predicted molar refractivity (Wildman–Crippen MR) is 43.1 cm³/mol. The molecule has 0 saturated carbocycles. The molecule has 0 saturated heterocycles. The standard InChI is InChI=1S/C6H12BrNO/c1-3-6(7)5-8-9-4-2/h5-6H,3-4H2,1-2H3. The Morgan fingerprint density at radius 2 is 2.33 bits per heavy atom. The second kappa shape index (κ2) is 6.08. The van der Waals surface area contributed by atoms with Crippen molar-refractivity contribution in [3.05, 3.63) is 0 Å². The molecular weight excluding hydrogens is 182 g/mol. The number of alkyl halides is 1. The zero-order valence-corrected chi connectivity index (χ0v) is 7.39. The quantitative estimate of drug-likeness (QED) is 0.382. The van der Waals surface area contributed by atoms with Gasteiger partial charge in [-0.15, -0.1) is 0 Å². The van der Waals surface area contributed by atoms with Gasteiger partial charge in [0.2, 0.25) is 0 Å². The fourth-order valence-electron chi connectivity index (χ4n) is 0.289. The fourth-order valence-corrected chi connectivity index (χ4v) is 0.386. The van der Waals surface area contributed by atoms with Gasteiger partial charge in [0.05, 0.1) is 11.0 Å². The molecule has 0 aromatic rings. The zero-order valence-electron chi connectivity index (χ0n) is 5.80. The lowest BCUT2D eigenvalue weighted by Crippen LogP contribution is -1.96. The zero-order chi connectivity index (χ0) is 7.11. The van der Waals surface area contributed by atoms with E-state index in [0.717, 1.165) is 6.42 Å². The molecule has 1 unspecified atom stereocenters. The van der Waals surface area contributed by atoms with Gasteiger partial charge in [-0.3, -0.25) is 0 Å². The summed E-state index contributed by atoms with van der Waals surface area (Å²) in [7, 11) is 0. The van der Waals surface area contributed by atoms with Crippen molar-refractivity contribution in [1.82, 2.24) is 0 Å². The summed E-state index contributed by atoms with van der Waals surface area (Å²) in [4.78, 5) is 5.10. The monoisotopic (exact) mass is 193 g/mol. The number of halogens is 1. The summed E-state index contributed by atoms with van der Waals surface area (Å²) < 4.78 is 0. The molecular formula is C6H12BrNO. The molecule has 54 valence electrons. The van der Waals surface area contributed by atoms with E-state index in [1.165, 1.54) is 0 Å². The van der Waals surface area contributed by atoms with Gasteiger partial charge >= 0.3 is 0 Å².